The van der Waals surface area contributed by atoms with Crippen LogP contribution in [0.3, 0.4) is 0 Å². The largest absolute Gasteiger partial charge is 0.338 e. The molecule has 0 amide bonds. The van der Waals surface area contributed by atoms with Crippen LogP contribution >= 0.6 is 11.6 Å². The summed E-state index contributed by atoms with van der Waals surface area (Å²) < 4.78 is 5.13. The molecule has 0 spiro atoms. The number of nitrogens with zero attached hydrogens (tertiary/aromatic N) is 2. The van der Waals surface area contributed by atoms with Crippen LogP contribution in [0.1, 0.15) is 62.5 Å². The lowest BCUT2D eigenvalue weighted by atomic mass is 9.80. The van der Waals surface area contributed by atoms with E-state index >= 15 is 0 Å². The van der Waals surface area contributed by atoms with Gasteiger partial charge in [-0.3, -0.25) is 0 Å². The Morgan fingerprint density at radius 2 is 2.13 bits per heavy atom. The Hall–Kier alpha value is -0.570. The maximum atomic E-state index is 5.90. The van der Waals surface area contributed by atoms with E-state index in [-0.39, 0.29) is 5.38 Å². The Morgan fingerprint density at radius 3 is 2.73 bits per heavy atom. The molecule has 0 bridgehead atoms. The standard InChI is InChI=1S/C11H17ClN2O/c1-7-5-3-4-6-9(7)10-13-11(8(2)12)15-14-10/h7-9H,3-6H2,1-2H3. The molecule has 1 aromatic heterocycles. The number of rotatable bonds is 2. The minimum Gasteiger partial charge on any atom is -0.338 e. The van der Waals surface area contributed by atoms with Crippen LogP contribution in [0.15, 0.2) is 4.52 Å². The molecule has 1 aliphatic rings. The first-order chi connectivity index (χ1) is 7.18. The summed E-state index contributed by atoms with van der Waals surface area (Å²) in [4.78, 5) is 4.37. The van der Waals surface area contributed by atoms with Crippen LogP contribution in [-0.2, 0) is 0 Å². The Morgan fingerprint density at radius 1 is 1.40 bits per heavy atom. The van der Waals surface area contributed by atoms with E-state index in [2.05, 4.69) is 17.1 Å². The van der Waals surface area contributed by atoms with Gasteiger partial charge in [0.05, 0.1) is 0 Å². The van der Waals surface area contributed by atoms with Gasteiger partial charge in [-0.05, 0) is 19.3 Å². The lowest BCUT2D eigenvalue weighted by molar-refractivity contribution is 0.305. The summed E-state index contributed by atoms with van der Waals surface area (Å²) in [5.41, 5.74) is 0. The van der Waals surface area contributed by atoms with Gasteiger partial charge in [-0.15, -0.1) is 11.6 Å². The van der Waals surface area contributed by atoms with Crippen molar-refractivity contribution in [2.75, 3.05) is 0 Å². The summed E-state index contributed by atoms with van der Waals surface area (Å²) in [7, 11) is 0. The summed E-state index contributed by atoms with van der Waals surface area (Å²) in [6.07, 6.45) is 5.05. The van der Waals surface area contributed by atoms with Crippen LogP contribution in [0, 0.1) is 5.92 Å². The van der Waals surface area contributed by atoms with Gasteiger partial charge in [0.15, 0.2) is 5.82 Å². The van der Waals surface area contributed by atoms with E-state index in [4.69, 9.17) is 16.1 Å². The number of hydrogen-bond acceptors (Lipinski definition) is 3. The molecule has 4 heteroatoms. The summed E-state index contributed by atoms with van der Waals surface area (Å²) in [5.74, 6) is 2.52. The average Bonchev–Trinajstić information content (AvgIpc) is 2.67. The third kappa shape index (κ3) is 2.33. The van der Waals surface area contributed by atoms with Gasteiger partial charge in [0.1, 0.15) is 5.38 Å². The summed E-state index contributed by atoms with van der Waals surface area (Å²) in [6.45, 7) is 4.12. The monoisotopic (exact) mass is 228 g/mol. The van der Waals surface area contributed by atoms with Crippen molar-refractivity contribution < 1.29 is 4.52 Å². The minimum absolute atomic E-state index is 0.190. The van der Waals surface area contributed by atoms with Crippen molar-refractivity contribution in [3.8, 4) is 0 Å². The van der Waals surface area contributed by atoms with Crippen LogP contribution < -0.4 is 0 Å². The fraction of sp³-hybridized carbons (Fsp3) is 0.818. The van der Waals surface area contributed by atoms with Gasteiger partial charge in [-0.1, -0.05) is 31.3 Å². The molecular formula is C11H17ClN2O. The molecule has 1 saturated carbocycles. The van der Waals surface area contributed by atoms with Crippen molar-refractivity contribution in [3.63, 3.8) is 0 Å². The number of hydrogen-bond donors (Lipinski definition) is 0. The first kappa shape index (κ1) is 10.9. The smallest absolute Gasteiger partial charge is 0.244 e. The Bertz CT molecular complexity index is 324. The van der Waals surface area contributed by atoms with E-state index in [1.54, 1.807) is 0 Å². The molecule has 0 N–H and O–H groups in total. The average molecular weight is 229 g/mol. The van der Waals surface area contributed by atoms with E-state index in [0.717, 1.165) is 5.82 Å². The molecule has 0 radical (unpaired) electrons. The normalized spacial score (nSPS) is 29.0. The van der Waals surface area contributed by atoms with Gasteiger partial charge < -0.3 is 4.52 Å². The topological polar surface area (TPSA) is 38.9 Å². The fourth-order valence-corrected chi connectivity index (χ4v) is 2.35. The molecule has 0 saturated heterocycles. The van der Waals surface area contributed by atoms with Crippen molar-refractivity contribution in [3.05, 3.63) is 11.7 Å². The molecule has 3 unspecified atom stereocenters. The van der Waals surface area contributed by atoms with Crippen LogP contribution in [0.5, 0.6) is 0 Å². The molecule has 84 valence electrons. The van der Waals surface area contributed by atoms with Crippen LogP contribution in [0.4, 0.5) is 0 Å². The van der Waals surface area contributed by atoms with Crippen molar-refractivity contribution in [1.29, 1.82) is 0 Å². The third-order valence-corrected chi connectivity index (χ3v) is 3.43. The maximum absolute atomic E-state index is 5.90. The molecule has 1 heterocycles. The van der Waals surface area contributed by atoms with Gasteiger partial charge >= 0.3 is 0 Å². The van der Waals surface area contributed by atoms with E-state index in [1.807, 2.05) is 6.92 Å². The SMILES string of the molecule is CC(Cl)c1nc(C2CCCCC2C)no1. The van der Waals surface area contributed by atoms with Crippen molar-refractivity contribution in [1.82, 2.24) is 10.1 Å². The lowest BCUT2D eigenvalue weighted by Crippen LogP contribution is -2.16. The summed E-state index contributed by atoms with van der Waals surface area (Å²) >= 11 is 5.90. The predicted molar refractivity (Wildman–Crippen MR) is 58.9 cm³/mol. The zero-order chi connectivity index (χ0) is 10.8. The second-order valence-corrected chi connectivity index (χ2v) is 5.13. The molecular weight excluding hydrogens is 212 g/mol. The molecule has 15 heavy (non-hydrogen) atoms. The highest BCUT2D eigenvalue weighted by molar-refractivity contribution is 6.20. The molecule has 0 aliphatic heterocycles. The third-order valence-electron chi connectivity index (χ3n) is 3.24. The molecule has 3 atom stereocenters. The molecule has 2 rings (SSSR count). The van der Waals surface area contributed by atoms with Gasteiger partial charge in [0, 0.05) is 5.92 Å². The molecule has 0 aromatic carbocycles. The number of halogens is 1. The number of alkyl halides is 1. The molecule has 1 aliphatic carbocycles. The highest BCUT2D eigenvalue weighted by Gasteiger charge is 2.27. The van der Waals surface area contributed by atoms with Crippen molar-refractivity contribution in [2.45, 2.75) is 50.8 Å². The minimum atomic E-state index is -0.190. The first-order valence-electron chi connectivity index (χ1n) is 5.66. The predicted octanol–water partition coefficient (Wildman–Crippen LogP) is 3.66. The van der Waals surface area contributed by atoms with Crippen molar-refractivity contribution in [2.24, 2.45) is 5.92 Å². The van der Waals surface area contributed by atoms with Crippen LogP contribution in [0.2, 0.25) is 0 Å². The number of aromatic nitrogens is 2. The van der Waals surface area contributed by atoms with E-state index < -0.39 is 0 Å². The maximum Gasteiger partial charge on any atom is 0.244 e. The zero-order valence-electron chi connectivity index (χ0n) is 9.24. The van der Waals surface area contributed by atoms with Crippen molar-refractivity contribution >= 4 is 11.6 Å². The van der Waals surface area contributed by atoms with Crippen LogP contribution in [-0.4, -0.2) is 10.1 Å². The molecule has 1 fully saturated rings. The first-order valence-corrected chi connectivity index (χ1v) is 6.09. The van der Waals surface area contributed by atoms with Gasteiger partial charge in [0.2, 0.25) is 5.89 Å². The van der Waals surface area contributed by atoms with Gasteiger partial charge in [-0.2, -0.15) is 4.98 Å². The van der Waals surface area contributed by atoms with Gasteiger partial charge in [0.25, 0.3) is 0 Å². The summed E-state index contributed by atoms with van der Waals surface area (Å²) in [5, 5.41) is 3.85. The van der Waals surface area contributed by atoms with Crippen LogP contribution in [0.25, 0.3) is 0 Å². The highest BCUT2D eigenvalue weighted by Crippen LogP contribution is 2.36. The quantitative estimate of drug-likeness (QED) is 0.725. The second-order valence-electron chi connectivity index (χ2n) is 4.48. The summed E-state index contributed by atoms with van der Waals surface area (Å²) in [6, 6.07) is 0. The fourth-order valence-electron chi connectivity index (χ4n) is 2.26. The lowest BCUT2D eigenvalue weighted by Gasteiger charge is -2.25. The Labute approximate surface area is 95.2 Å². The molecule has 3 nitrogen and oxygen atoms in total. The highest BCUT2D eigenvalue weighted by atomic mass is 35.5. The second kappa shape index (κ2) is 4.52. The van der Waals surface area contributed by atoms with Gasteiger partial charge in [-0.25, -0.2) is 0 Å². The Kier molecular flexibility index (Phi) is 3.29. The van der Waals surface area contributed by atoms with E-state index in [1.165, 1.54) is 25.7 Å². The molecule has 1 aromatic rings. The van der Waals surface area contributed by atoms with E-state index in [0.29, 0.717) is 17.7 Å². The van der Waals surface area contributed by atoms with E-state index in [9.17, 15) is 0 Å². The Balaban J connectivity index is 2.13. The zero-order valence-corrected chi connectivity index (χ0v) is 10.00.